The first-order valence-electron chi connectivity index (χ1n) is 4.92. The zero-order valence-corrected chi connectivity index (χ0v) is 10.2. The fourth-order valence-corrected chi connectivity index (χ4v) is 2.01. The topological polar surface area (TPSA) is 59.2 Å². The van der Waals surface area contributed by atoms with Crippen molar-refractivity contribution in [3.8, 4) is 0 Å². The molecule has 0 bridgehead atoms. The van der Waals surface area contributed by atoms with Crippen LogP contribution in [0.15, 0.2) is 6.20 Å². The molecular weight excluding hydrogens is 210 g/mol. The predicted octanol–water partition coefficient (Wildman–Crippen LogP) is 0.800. The number of hydrogen-bond donors (Lipinski definition) is 1. The van der Waals surface area contributed by atoms with Gasteiger partial charge < -0.3 is 10.6 Å². The van der Waals surface area contributed by atoms with Crippen LogP contribution in [-0.2, 0) is 11.2 Å². The van der Waals surface area contributed by atoms with Gasteiger partial charge in [-0.05, 0) is 13.8 Å². The predicted molar refractivity (Wildman–Crippen MR) is 61.8 cm³/mol. The van der Waals surface area contributed by atoms with Gasteiger partial charge in [-0.3, -0.25) is 4.79 Å². The van der Waals surface area contributed by atoms with Crippen molar-refractivity contribution in [3.63, 3.8) is 0 Å². The fraction of sp³-hybridized carbons (Fsp3) is 0.600. The van der Waals surface area contributed by atoms with Crippen LogP contribution in [0.1, 0.15) is 16.8 Å². The molecule has 0 unspecified atom stereocenters. The highest BCUT2D eigenvalue weighted by atomic mass is 32.1. The van der Waals surface area contributed by atoms with Crippen molar-refractivity contribution >= 4 is 17.2 Å². The van der Waals surface area contributed by atoms with E-state index in [2.05, 4.69) is 4.98 Å². The molecule has 1 amide bonds. The number of aromatic nitrogens is 1. The van der Waals surface area contributed by atoms with Crippen LogP contribution in [0.5, 0.6) is 0 Å². The summed E-state index contributed by atoms with van der Waals surface area (Å²) in [5.41, 5.74) is 5.51. The maximum atomic E-state index is 11.5. The Balaban J connectivity index is 2.40. The van der Waals surface area contributed by atoms with Crippen molar-refractivity contribution in [2.75, 3.05) is 13.6 Å². The first-order valence-corrected chi connectivity index (χ1v) is 5.74. The van der Waals surface area contributed by atoms with Crippen molar-refractivity contribution in [1.29, 1.82) is 0 Å². The van der Waals surface area contributed by atoms with E-state index >= 15 is 0 Å². The molecule has 0 aliphatic heterocycles. The standard InChI is InChI=1S/C10H17N3OS/c1-7-6-12-9(15-7)4-5-13(3)10(14)8(2)11/h6,8H,4-5,11H2,1-3H3/t8-/m1/s1. The van der Waals surface area contributed by atoms with E-state index in [1.54, 1.807) is 30.2 Å². The van der Waals surface area contributed by atoms with Crippen molar-refractivity contribution in [1.82, 2.24) is 9.88 Å². The summed E-state index contributed by atoms with van der Waals surface area (Å²) < 4.78 is 0. The summed E-state index contributed by atoms with van der Waals surface area (Å²) in [5, 5.41) is 1.07. The molecule has 1 rings (SSSR count). The number of likely N-dealkylation sites (N-methyl/N-ethyl adjacent to an activating group) is 1. The molecular formula is C10H17N3OS. The Kier molecular flexibility index (Phi) is 4.23. The summed E-state index contributed by atoms with van der Waals surface area (Å²) in [6, 6.07) is -0.423. The molecule has 1 aromatic heterocycles. The Bertz CT molecular complexity index is 335. The molecule has 4 nitrogen and oxygen atoms in total. The van der Waals surface area contributed by atoms with Gasteiger partial charge in [-0.1, -0.05) is 0 Å². The molecule has 0 fully saturated rings. The summed E-state index contributed by atoms with van der Waals surface area (Å²) in [7, 11) is 1.77. The van der Waals surface area contributed by atoms with E-state index in [-0.39, 0.29) is 5.91 Å². The number of nitrogens with zero attached hydrogens (tertiary/aromatic N) is 2. The Morgan fingerprint density at radius 3 is 2.87 bits per heavy atom. The SMILES string of the molecule is Cc1cnc(CCN(C)C(=O)[C@@H](C)N)s1. The Hall–Kier alpha value is -0.940. The molecule has 1 aromatic rings. The molecule has 0 saturated heterocycles. The number of rotatable bonds is 4. The van der Waals surface area contributed by atoms with Crippen LogP contribution in [0.3, 0.4) is 0 Å². The second-order valence-electron chi connectivity index (χ2n) is 3.66. The van der Waals surface area contributed by atoms with Crippen LogP contribution in [0.4, 0.5) is 0 Å². The minimum Gasteiger partial charge on any atom is -0.344 e. The molecule has 5 heteroatoms. The van der Waals surface area contributed by atoms with Crippen LogP contribution in [0, 0.1) is 6.92 Å². The number of carbonyl (C=O) groups is 1. The minimum absolute atomic E-state index is 0.0247. The first-order chi connectivity index (χ1) is 7.00. The number of aryl methyl sites for hydroxylation is 1. The summed E-state index contributed by atoms with van der Waals surface area (Å²) in [4.78, 5) is 18.5. The van der Waals surface area contributed by atoms with Gasteiger partial charge in [-0.2, -0.15) is 0 Å². The van der Waals surface area contributed by atoms with Gasteiger partial charge in [0.05, 0.1) is 11.0 Å². The zero-order valence-electron chi connectivity index (χ0n) is 9.36. The van der Waals surface area contributed by atoms with Gasteiger partial charge in [-0.25, -0.2) is 4.98 Å². The van der Waals surface area contributed by atoms with Crippen molar-refractivity contribution in [3.05, 3.63) is 16.1 Å². The van der Waals surface area contributed by atoms with E-state index in [0.29, 0.717) is 6.54 Å². The highest BCUT2D eigenvalue weighted by Crippen LogP contribution is 2.11. The fourth-order valence-electron chi connectivity index (χ4n) is 1.24. The lowest BCUT2D eigenvalue weighted by molar-refractivity contribution is -0.130. The molecule has 84 valence electrons. The molecule has 15 heavy (non-hydrogen) atoms. The van der Waals surface area contributed by atoms with Crippen LogP contribution in [0.25, 0.3) is 0 Å². The average molecular weight is 227 g/mol. The first kappa shape index (κ1) is 12.1. The maximum Gasteiger partial charge on any atom is 0.238 e. The van der Waals surface area contributed by atoms with Crippen LogP contribution < -0.4 is 5.73 Å². The van der Waals surface area contributed by atoms with E-state index in [1.165, 1.54) is 4.88 Å². The minimum atomic E-state index is -0.423. The van der Waals surface area contributed by atoms with E-state index < -0.39 is 6.04 Å². The highest BCUT2D eigenvalue weighted by Gasteiger charge is 2.13. The van der Waals surface area contributed by atoms with Gasteiger partial charge in [0.15, 0.2) is 0 Å². The summed E-state index contributed by atoms with van der Waals surface area (Å²) in [6.07, 6.45) is 2.65. The van der Waals surface area contributed by atoms with E-state index in [0.717, 1.165) is 11.4 Å². The van der Waals surface area contributed by atoms with Gasteiger partial charge in [-0.15, -0.1) is 11.3 Å². The quantitative estimate of drug-likeness (QED) is 0.827. The third kappa shape index (κ3) is 3.60. The van der Waals surface area contributed by atoms with Crippen LogP contribution in [-0.4, -0.2) is 35.4 Å². The molecule has 0 aliphatic rings. The van der Waals surface area contributed by atoms with E-state index in [4.69, 9.17) is 5.73 Å². The second kappa shape index (κ2) is 5.23. The molecule has 0 spiro atoms. The number of carbonyl (C=O) groups excluding carboxylic acids is 1. The molecule has 2 N–H and O–H groups in total. The van der Waals surface area contributed by atoms with Crippen molar-refractivity contribution in [2.24, 2.45) is 5.73 Å². The van der Waals surface area contributed by atoms with E-state index in [9.17, 15) is 4.79 Å². The number of hydrogen-bond acceptors (Lipinski definition) is 4. The van der Waals surface area contributed by atoms with Crippen molar-refractivity contribution in [2.45, 2.75) is 26.3 Å². The summed E-state index contributed by atoms with van der Waals surface area (Å²) in [5.74, 6) is -0.0247. The molecule has 0 aromatic carbocycles. The summed E-state index contributed by atoms with van der Waals surface area (Å²) in [6.45, 7) is 4.40. The lowest BCUT2D eigenvalue weighted by Crippen LogP contribution is -2.40. The number of nitrogens with two attached hydrogens (primary N) is 1. The maximum absolute atomic E-state index is 11.5. The Labute approximate surface area is 94.1 Å². The normalized spacial score (nSPS) is 12.5. The van der Waals surface area contributed by atoms with Gasteiger partial charge in [0.25, 0.3) is 0 Å². The molecule has 1 atom stereocenters. The zero-order chi connectivity index (χ0) is 11.4. The molecule has 0 saturated carbocycles. The van der Waals surface area contributed by atoms with Crippen LogP contribution in [0.2, 0.25) is 0 Å². The lowest BCUT2D eigenvalue weighted by Gasteiger charge is -2.18. The van der Waals surface area contributed by atoms with E-state index in [1.807, 2.05) is 13.1 Å². The van der Waals surface area contributed by atoms with Gasteiger partial charge >= 0.3 is 0 Å². The lowest BCUT2D eigenvalue weighted by atomic mass is 10.3. The summed E-state index contributed by atoms with van der Waals surface area (Å²) >= 11 is 1.67. The van der Waals surface area contributed by atoms with Crippen LogP contribution >= 0.6 is 11.3 Å². The molecule has 0 aliphatic carbocycles. The molecule has 0 radical (unpaired) electrons. The van der Waals surface area contributed by atoms with Crippen molar-refractivity contribution < 1.29 is 4.79 Å². The average Bonchev–Trinajstić information content (AvgIpc) is 2.59. The third-order valence-corrected chi connectivity index (χ3v) is 3.07. The van der Waals surface area contributed by atoms with Gasteiger partial charge in [0.1, 0.15) is 0 Å². The van der Waals surface area contributed by atoms with Gasteiger partial charge in [0.2, 0.25) is 5.91 Å². The monoisotopic (exact) mass is 227 g/mol. The Morgan fingerprint density at radius 2 is 2.40 bits per heavy atom. The highest BCUT2D eigenvalue weighted by molar-refractivity contribution is 7.11. The molecule has 1 heterocycles. The smallest absolute Gasteiger partial charge is 0.238 e. The largest absolute Gasteiger partial charge is 0.344 e. The van der Waals surface area contributed by atoms with Gasteiger partial charge in [0, 0.05) is 31.1 Å². The third-order valence-electron chi connectivity index (χ3n) is 2.10. The Morgan fingerprint density at radius 1 is 1.73 bits per heavy atom. The number of amides is 1. The number of thiazole rings is 1. The second-order valence-corrected chi connectivity index (χ2v) is 4.98.